The number of benzene rings is 3. The van der Waals surface area contributed by atoms with Gasteiger partial charge in [0.2, 0.25) is 35.4 Å². The molecule has 7 N–H and O–H groups in total. The molecule has 0 saturated carbocycles. The van der Waals surface area contributed by atoms with E-state index < -0.39 is 60.0 Å². The predicted molar refractivity (Wildman–Crippen MR) is 326 cm³/mol. The molecule has 4 aliphatic heterocycles. The topological polar surface area (TPSA) is 263 Å². The van der Waals surface area contributed by atoms with Crippen LogP contribution in [-0.4, -0.2) is 148 Å². The molecule has 4 fully saturated rings. The number of nitrogens with one attached hydrogen (secondary N) is 6. The van der Waals surface area contributed by atoms with Crippen molar-refractivity contribution in [1.29, 1.82) is 0 Å². The lowest BCUT2D eigenvalue weighted by Gasteiger charge is -2.36. The average molecular weight is 1220 g/mol. The second-order valence-electron chi connectivity index (χ2n) is 24.3. The average Bonchev–Trinajstić information content (AvgIpc) is 2.17. The van der Waals surface area contributed by atoms with E-state index in [1.54, 1.807) is 63.5 Å². The molecule has 10 atom stereocenters. The van der Waals surface area contributed by atoms with Crippen molar-refractivity contribution in [2.75, 3.05) is 19.7 Å². The van der Waals surface area contributed by atoms with E-state index in [-0.39, 0.29) is 60.7 Å². The number of fused-ring (bicyclic) bond motifs is 2. The van der Waals surface area contributed by atoms with Gasteiger partial charge in [-0.1, -0.05) is 91.6 Å². The number of carbonyl (C=O) groups is 6. The molecule has 5 aromatic rings. The van der Waals surface area contributed by atoms with Crippen molar-refractivity contribution in [3.63, 3.8) is 0 Å². The number of aryl methyl sites for hydroxylation is 4. The Morgan fingerprint density at radius 1 is 0.557 bits per heavy atom. The lowest BCUT2D eigenvalue weighted by atomic mass is 9.98. The first-order valence-corrected chi connectivity index (χ1v) is 32.0. The fourth-order valence-electron chi connectivity index (χ4n) is 12.9. The monoisotopic (exact) mass is 1210 g/mol. The molecule has 0 bridgehead atoms. The van der Waals surface area contributed by atoms with Crippen molar-refractivity contribution in [3.8, 4) is 0 Å². The number of nitrogens with zero attached hydrogens (tertiary/aromatic N) is 8. The van der Waals surface area contributed by atoms with Gasteiger partial charge in [0, 0.05) is 31.7 Å². The Hall–Kier alpha value is -7.50. The molecule has 474 valence electrons. The Morgan fingerprint density at radius 3 is 1.38 bits per heavy atom. The fourth-order valence-corrected chi connectivity index (χ4v) is 12.9. The summed E-state index contributed by atoms with van der Waals surface area (Å²) in [5, 5.41) is 45.3. The van der Waals surface area contributed by atoms with E-state index in [1.165, 1.54) is 35.4 Å². The first-order chi connectivity index (χ1) is 42.7. The van der Waals surface area contributed by atoms with Crippen LogP contribution >= 0.6 is 0 Å². The van der Waals surface area contributed by atoms with Gasteiger partial charge in [0.1, 0.15) is 47.2 Å². The maximum absolute atomic E-state index is 14.4. The Bertz CT molecular complexity index is 2900. The van der Waals surface area contributed by atoms with Crippen LogP contribution in [0.1, 0.15) is 176 Å². The number of unbranched alkanes of at least 4 members (excludes halogenated alkanes) is 2. The maximum atomic E-state index is 14.4. The van der Waals surface area contributed by atoms with E-state index in [2.05, 4.69) is 76.8 Å². The highest BCUT2D eigenvalue weighted by Gasteiger charge is 2.46. The number of hydrogen-bond acceptors (Lipinski definition) is 13. The Labute approximate surface area is 514 Å². The maximum Gasteiger partial charge on any atom is 0.246 e. The number of amides is 6. The molecule has 23 heteroatoms. The van der Waals surface area contributed by atoms with Gasteiger partial charge in [0.05, 0.1) is 43.2 Å². The molecular formula is C65H88F2N14O7. The van der Waals surface area contributed by atoms with E-state index in [1.807, 2.05) is 13.1 Å². The Kier molecular flexibility index (Phi) is 23.3. The minimum absolute atomic E-state index is 0.111. The van der Waals surface area contributed by atoms with Gasteiger partial charge in [-0.05, 0) is 163 Å². The Balaban J connectivity index is 0.743. The van der Waals surface area contributed by atoms with Crippen LogP contribution in [0.5, 0.6) is 0 Å². The second-order valence-corrected chi connectivity index (χ2v) is 24.3. The third kappa shape index (κ3) is 17.0. The normalized spacial score (nSPS) is 21.8. The van der Waals surface area contributed by atoms with Gasteiger partial charge in [0.15, 0.2) is 0 Å². The highest BCUT2D eigenvalue weighted by molar-refractivity contribution is 5.95. The minimum Gasteiger partial charge on any atom is -0.395 e. The predicted octanol–water partition coefficient (Wildman–Crippen LogP) is 5.80. The molecule has 9 rings (SSSR count). The van der Waals surface area contributed by atoms with Crippen LogP contribution in [0.2, 0.25) is 0 Å². The highest BCUT2D eigenvalue weighted by Crippen LogP contribution is 2.35. The van der Waals surface area contributed by atoms with Crippen molar-refractivity contribution >= 4 is 35.4 Å². The smallest absolute Gasteiger partial charge is 0.246 e. The number of aliphatic hydroxyl groups excluding tert-OH is 1. The third-order valence-corrected chi connectivity index (χ3v) is 17.9. The molecule has 0 spiro atoms. The highest BCUT2D eigenvalue weighted by atomic mass is 19.1. The summed E-state index contributed by atoms with van der Waals surface area (Å²) in [5.74, 6) is -2.64. The number of aliphatic hydroxyl groups is 1. The lowest BCUT2D eigenvalue weighted by molar-refractivity contribution is -0.144. The second kappa shape index (κ2) is 31.6. The zero-order valence-corrected chi connectivity index (χ0v) is 51.1. The van der Waals surface area contributed by atoms with Crippen LogP contribution in [0.25, 0.3) is 0 Å². The lowest BCUT2D eigenvalue weighted by Crippen LogP contribution is -2.58. The summed E-state index contributed by atoms with van der Waals surface area (Å²) in [5.41, 5.74) is 4.64. The molecule has 6 heterocycles. The molecule has 0 radical (unpaired) electrons. The molecule has 88 heavy (non-hydrogen) atoms. The zero-order chi connectivity index (χ0) is 62.1. The van der Waals surface area contributed by atoms with E-state index in [0.29, 0.717) is 80.7 Å². The fraction of sp³-hybridized carbons (Fsp3) is 0.569. The zero-order valence-electron chi connectivity index (χ0n) is 51.1. The standard InChI is InChI=1S/C65H88F2N14O7/c1-4-35-68-42(2)60(83)70-52-17-7-5-15-50-31-33-56(80(50)64(52)87)62(85)72-58(46-23-27-48(66)28-24-46)54-40-78(76-74-54)37-11-9-13-44-19-21-45(22-20-44)14-10-12-38-79-41-55(75-77-79)59(47-25-29-49(67)30-26-47)73-63(86)57-34-32-51-16-6-8-18-53(65(88)81(51)57)71-61(84)43(3)69-36-39-82/h19-30,40-43,50-53,56-59,68-69,82H,4-18,31-39H2,1-3H3,(H,70,83)(H,71,84)(H,72,85)(H,73,86)/t42-,43-,50-,51-,52-,53-,56-,57-,58-,59-/m0/s1. The Morgan fingerprint density at radius 2 is 0.966 bits per heavy atom. The largest absolute Gasteiger partial charge is 0.395 e. The molecule has 4 aliphatic rings. The number of aromatic nitrogens is 6. The van der Waals surface area contributed by atoms with Crippen LogP contribution in [-0.2, 0) is 54.7 Å². The number of hydrogen-bond donors (Lipinski definition) is 7. The van der Waals surface area contributed by atoms with E-state index in [9.17, 15) is 42.7 Å². The molecular weight excluding hydrogens is 1130 g/mol. The van der Waals surface area contributed by atoms with Crippen molar-refractivity contribution in [3.05, 3.63) is 130 Å². The SMILES string of the molecule is CCCN[C@@H](C)C(=O)N[C@H]1CCCC[C@H]2CC[C@@H](C(=O)N[C@@H](c3ccc(F)cc3)c3cn(CCCCc4ccc(CCCCn5cc([C@@H](NC(=O)[C@@H]6CC[C@@H]7CCCC[C@H](NC(=O)[C@H](C)NCCO)C(=O)N76)c6ccc(F)cc6)nn5)cc4)nn3)N2C1=O. The van der Waals surface area contributed by atoms with E-state index >= 15 is 0 Å². The van der Waals surface area contributed by atoms with Crippen LogP contribution < -0.4 is 31.9 Å². The summed E-state index contributed by atoms with van der Waals surface area (Å²) in [6.45, 7) is 7.45. The number of carbonyl (C=O) groups excluding carboxylic acids is 6. The summed E-state index contributed by atoms with van der Waals surface area (Å²) in [6.07, 6.45) is 17.7. The van der Waals surface area contributed by atoms with Crippen molar-refractivity contribution in [2.24, 2.45) is 0 Å². The molecule has 0 unspecified atom stereocenters. The summed E-state index contributed by atoms with van der Waals surface area (Å²) in [4.78, 5) is 86.7. The van der Waals surface area contributed by atoms with Crippen molar-refractivity contribution < 1.29 is 42.7 Å². The summed E-state index contributed by atoms with van der Waals surface area (Å²) >= 11 is 0. The molecule has 21 nitrogen and oxygen atoms in total. The van der Waals surface area contributed by atoms with Crippen LogP contribution in [0.4, 0.5) is 8.78 Å². The van der Waals surface area contributed by atoms with Crippen molar-refractivity contribution in [2.45, 2.75) is 216 Å². The molecule has 6 amide bonds. The summed E-state index contributed by atoms with van der Waals surface area (Å²) < 4.78 is 31.9. The molecule has 0 aliphatic carbocycles. The minimum atomic E-state index is -0.788. The first-order valence-electron chi connectivity index (χ1n) is 32.0. The van der Waals surface area contributed by atoms with Gasteiger partial charge in [-0.2, -0.15) is 0 Å². The third-order valence-electron chi connectivity index (χ3n) is 17.9. The van der Waals surface area contributed by atoms with Crippen LogP contribution in [0, 0.1) is 11.6 Å². The molecule has 2 aromatic heterocycles. The number of halogens is 2. The number of rotatable bonds is 28. The van der Waals surface area contributed by atoms with Gasteiger partial charge in [0.25, 0.3) is 0 Å². The van der Waals surface area contributed by atoms with Crippen molar-refractivity contribution in [1.82, 2.24) is 71.7 Å². The van der Waals surface area contributed by atoms with Gasteiger partial charge in [-0.15, -0.1) is 10.2 Å². The molecule has 3 aromatic carbocycles. The quantitative estimate of drug-likeness (QED) is 0.0293. The van der Waals surface area contributed by atoms with Gasteiger partial charge >= 0.3 is 0 Å². The van der Waals surface area contributed by atoms with E-state index in [4.69, 9.17) is 0 Å². The van der Waals surface area contributed by atoms with E-state index in [0.717, 1.165) is 83.5 Å². The van der Waals surface area contributed by atoms with Gasteiger partial charge < -0.3 is 46.8 Å². The van der Waals surface area contributed by atoms with Crippen LogP contribution in [0.15, 0.2) is 85.2 Å². The van der Waals surface area contributed by atoms with Crippen LogP contribution in [0.3, 0.4) is 0 Å². The summed E-state index contributed by atoms with van der Waals surface area (Å²) in [6, 6.07) is 14.6. The van der Waals surface area contributed by atoms with Gasteiger partial charge in [-0.25, -0.2) is 8.78 Å². The summed E-state index contributed by atoms with van der Waals surface area (Å²) in [7, 11) is 0. The first kappa shape index (κ1) is 65.0. The molecule has 4 saturated heterocycles. The van der Waals surface area contributed by atoms with Gasteiger partial charge in [-0.3, -0.25) is 38.1 Å².